The third-order valence-electron chi connectivity index (χ3n) is 2.87. The fourth-order valence-electron chi connectivity index (χ4n) is 1.69. The minimum absolute atomic E-state index is 0.0260. The Bertz CT molecular complexity index is 381. The molecule has 1 amide bonds. The third kappa shape index (κ3) is 3.37. The van der Waals surface area contributed by atoms with Gasteiger partial charge in [0, 0.05) is 24.9 Å². The Morgan fingerprint density at radius 3 is 2.71 bits per heavy atom. The number of hydrogen-bond donors (Lipinski definition) is 0. The molecule has 0 aromatic heterocycles. The molecule has 0 aliphatic heterocycles. The summed E-state index contributed by atoms with van der Waals surface area (Å²) in [6.45, 7) is 1.98. The van der Waals surface area contributed by atoms with Crippen LogP contribution in [0.3, 0.4) is 0 Å². The molecular formula is C13H18ClNO2. The summed E-state index contributed by atoms with van der Waals surface area (Å²) in [4.78, 5) is 13.5. The van der Waals surface area contributed by atoms with Crippen molar-refractivity contribution in [1.29, 1.82) is 0 Å². The lowest BCUT2D eigenvalue weighted by Crippen LogP contribution is -2.29. The van der Waals surface area contributed by atoms with E-state index >= 15 is 0 Å². The van der Waals surface area contributed by atoms with E-state index in [-0.39, 0.29) is 11.9 Å². The molecule has 0 saturated carbocycles. The zero-order valence-electron chi connectivity index (χ0n) is 10.4. The van der Waals surface area contributed by atoms with Gasteiger partial charge in [0.15, 0.2) is 0 Å². The van der Waals surface area contributed by atoms with E-state index in [4.69, 9.17) is 16.3 Å². The van der Waals surface area contributed by atoms with Crippen molar-refractivity contribution in [3.05, 3.63) is 29.8 Å². The van der Waals surface area contributed by atoms with Crippen molar-refractivity contribution < 1.29 is 9.53 Å². The van der Waals surface area contributed by atoms with Crippen LogP contribution in [0.1, 0.15) is 24.9 Å². The fourth-order valence-corrected chi connectivity index (χ4v) is 1.86. The minimum Gasteiger partial charge on any atom is -0.496 e. The van der Waals surface area contributed by atoms with Crippen molar-refractivity contribution in [1.82, 2.24) is 4.90 Å². The lowest BCUT2D eigenvalue weighted by atomic mass is 10.1. The third-order valence-corrected chi connectivity index (χ3v) is 3.06. The van der Waals surface area contributed by atoms with Crippen LogP contribution < -0.4 is 4.74 Å². The Balaban J connectivity index is 2.88. The first-order valence-electron chi connectivity index (χ1n) is 5.56. The number of nitrogens with zero attached hydrogens (tertiary/aromatic N) is 1. The summed E-state index contributed by atoms with van der Waals surface area (Å²) in [5.41, 5.74) is 1.00. The highest BCUT2D eigenvalue weighted by atomic mass is 35.5. The number of amides is 1. The van der Waals surface area contributed by atoms with Gasteiger partial charge < -0.3 is 9.64 Å². The molecule has 0 N–H and O–H groups in total. The van der Waals surface area contributed by atoms with Crippen molar-refractivity contribution in [3.63, 3.8) is 0 Å². The van der Waals surface area contributed by atoms with Crippen molar-refractivity contribution >= 4 is 17.5 Å². The Morgan fingerprint density at radius 1 is 1.47 bits per heavy atom. The summed E-state index contributed by atoms with van der Waals surface area (Å²) in [5.74, 6) is 1.19. The number of hydrogen-bond acceptors (Lipinski definition) is 2. The van der Waals surface area contributed by atoms with Gasteiger partial charge in [-0.15, -0.1) is 11.6 Å². The number of benzene rings is 1. The van der Waals surface area contributed by atoms with E-state index in [2.05, 4.69) is 0 Å². The first-order valence-corrected chi connectivity index (χ1v) is 6.09. The fraction of sp³-hybridized carbons (Fsp3) is 0.462. The van der Waals surface area contributed by atoms with Gasteiger partial charge in [-0.05, 0) is 13.0 Å². The monoisotopic (exact) mass is 255 g/mol. The molecule has 0 saturated heterocycles. The Morgan fingerprint density at radius 2 is 2.12 bits per heavy atom. The molecule has 0 radical (unpaired) electrons. The zero-order valence-corrected chi connectivity index (χ0v) is 11.2. The maximum atomic E-state index is 11.8. The zero-order chi connectivity index (χ0) is 12.8. The van der Waals surface area contributed by atoms with Crippen LogP contribution in [0.4, 0.5) is 0 Å². The van der Waals surface area contributed by atoms with Crippen LogP contribution >= 0.6 is 11.6 Å². The van der Waals surface area contributed by atoms with Crippen LogP contribution in [0.2, 0.25) is 0 Å². The van der Waals surface area contributed by atoms with E-state index < -0.39 is 0 Å². The number of para-hydroxylation sites is 1. The molecular weight excluding hydrogens is 238 g/mol. The number of halogens is 1. The largest absolute Gasteiger partial charge is 0.496 e. The lowest BCUT2D eigenvalue weighted by molar-refractivity contribution is -0.131. The van der Waals surface area contributed by atoms with Crippen LogP contribution in [0.5, 0.6) is 5.75 Å². The van der Waals surface area contributed by atoms with Gasteiger partial charge in [0.25, 0.3) is 0 Å². The number of rotatable bonds is 5. The highest BCUT2D eigenvalue weighted by Gasteiger charge is 2.19. The Kier molecular flexibility index (Phi) is 5.29. The van der Waals surface area contributed by atoms with Gasteiger partial charge in [0.05, 0.1) is 13.2 Å². The Labute approximate surface area is 107 Å². The molecule has 94 valence electrons. The topological polar surface area (TPSA) is 29.5 Å². The molecule has 1 unspecified atom stereocenters. The molecule has 1 rings (SSSR count). The molecule has 0 spiro atoms. The van der Waals surface area contributed by atoms with E-state index in [1.54, 1.807) is 19.1 Å². The lowest BCUT2D eigenvalue weighted by Gasteiger charge is -2.26. The predicted molar refractivity (Wildman–Crippen MR) is 69.5 cm³/mol. The van der Waals surface area contributed by atoms with Crippen molar-refractivity contribution in [2.75, 3.05) is 20.0 Å². The summed E-state index contributed by atoms with van der Waals surface area (Å²) in [7, 11) is 3.41. The van der Waals surface area contributed by atoms with Gasteiger partial charge in [0.2, 0.25) is 5.91 Å². The van der Waals surface area contributed by atoms with Gasteiger partial charge in [-0.1, -0.05) is 18.2 Å². The number of carbonyl (C=O) groups excluding carboxylic acids is 1. The van der Waals surface area contributed by atoms with Gasteiger partial charge in [0.1, 0.15) is 5.75 Å². The van der Waals surface area contributed by atoms with Gasteiger partial charge >= 0.3 is 0 Å². The van der Waals surface area contributed by atoms with Crippen LogP contribution in [0.15, 0.2) is 24.3 Å². The van der Waals surface area contributed by atoms with E-state index in [1.165, 1.54) is 0 Å². The van der Waals surface area contributed by atoms with Crippen molar-refractivity contribution in [2.45, 2.75) is 19.4 Å². The Hall–Kier alpha value is -1.22. The average Bonchev–Trinajstić information content (AvgIpc) is 2.37. The van der Waals surface area contributed by atoms with Crippen LogP contribution in [0.25, 0.3) is 0 Å². The number of ether oxygens (including phenoxy) is 1. The van der Waals surface area contributed by atoms with Gasteiger partial charge in [-0.3, -0.25) is 4.79 Å². The van der Waals surface area contributed by atoms with Crippen LogP contribution in [0, 0.1) is 0 Å². The van der Waals surface area contributed by atoms with Gasteiger partial charge in [-0.25, -0.2) is 0 Å². The predicted octanol–water partition coefficient (Wildman–Crippen LogP) is 2.84. The highest BCUT2D eigenvalue weighted by molar-refractivity contribution is 6.18. The molecule has 3 nitrogen and oxygen atoms in total. The van der Waals surface area contributed by atoms with Crippen molar-refractivity contribution in [3.8, 4) is 5.75 Å². The highest BCUT2D eigenvalue weighted by Crippen LogP contribution is 2.28. The second-order valence-electron chi connectivity index (χ2n) is 3.86. The maximum Gasteiger partial charge on any atom is 0.224 e. The van der Waals surface area contributed by atoms with Gasteiger partial charge in [-0.2, -0.15) is 0 Å². The number of alkyl halides is 1. The normalized spacial score (nSPS) is 12.0. The summed E-state index contributed by atoms with van der Waals surface area (Å²) >= 11 is 5.58. The summed E-state index contributed by atoms with van der Waals surface area (Å²) in [6, 6.07) is 7.69. The van der Waals surface area contributed by atoms with E-state index in [0.29, 0.717) is 12.3 Å². The molecule has 0 bridgehead atoms. The number of methoxy groups -OCH3 is 1. The first kappa shape index (κ1) is 13.8. The average molecular weight is 256 g/mol. The minimum atomic E-state index is -0.0260. The summed E-state index contributed by atoms with van der Waals surface area (Å²) in [5, 5.41) is 0. The van der Waals surface area contributed by atoms with Crippen LogP contribution in [-0.2, 0) is 4.79 Å². The molecule has 1 atom stereocenters. The van der Waals surface area contributed by atoms with E-state index in [1.807, 2.05) is 31.2 Å². The molecule has 1 aromatic rings. The molecule has 0 fully saturated rings. The summed E-state index contributed by atoms with van der Waals surface area (Å²) in [6.07, 6.45) is 0.359. The van der Waals surface area contributed by atoms with E-state index in [9.17, 15) is 4.79 Å². The SMILES string of the molecule is COc1ccccc1C(C)N(C)C(=O)CCCl. The second-order valence-corrected chi connectivity index (χ2v) is 4.24. The first-order chi connectivity index (χ1) is 8.11. The van der Waals surface area contributed by atoms with Crippen LogP contribution in [-0.4, -0.2) is 30.8 Å². The smallest absolute Gasteiger partial charge is 0.224 e. The summed E-state index contributed by atoms with van der Waals surface area (Å²) < 4.78 is 5.29. The standard InChI is InChI=1S/C13H18ClNO2/c1-10(15(2)13(16)8-9-14)11-6-4-5-7-12(11)17-3/h4-7,10H,8-9H2,1-3H3. The molecule has 4 heteroatoms. The molecule has 17 heavy (non-hydrogen) atoms. The van der Waals surface area contributed by atoms with E-state index in [0.717, 1.165) is 11.3 Å². The quantitative estimate of drug-likeness (QED) is 0.758. The molecule has 1 aromatic carbocycles. The molecule has 0 aliphatic carbocycles. The maximum absolute atomic E-state index is 11.8. The second kappa shape index (κ2) is 6.50. The van der Waals surface area contributed by atoms with Crippen molar-refractivity contribution in [2.24, 2.45) is 0 Å². The number of carbonyl (C=O) groups is 1. The molecule has 0 heterocycles. The molecule has 0 aliphatic rings.